The molecular weight excluding hydrogens is 168 g/mol. The molecule has 0 aliphatic carbocycles. The Kier molecular flexibility index (Phi) is 2.41. The summed E-state index contributed by atoms with van der Waals surface area (Å²) in [6, 6.07) is 2.54. The highest BCUT2D eigenvalue weighted by molar-refractivity contribution is 5.89. The van der Waals surface area contributed by atoms with E-state index in [2.05, 4.69) is 5.32 Å². The summed E-state index contributed by atoms with van der Waals surface area (Å²) in [6.07, 6.45) is 0. The van der Waals surface area contributed by atoms with E-state index in [1.165, 1.54) is 0 Å². The predicted molar refractivity (Wildman–Crippen MR) is 50.8 cm³/mol. The lowest BCUT2D eigenvalue weighted by molar-refractivity contribution is 0.259. The Bertz CT molecular complexity index is 324. The van der Waals surface area contributed by atoms with Crippen LogP contribution in [0.2, 0.25) is 0 Å². The number of hydrogen-bond donors (Lipinski definition) is 3. The van der Waals surface area contributed by atoms with Crippen LogP contribution < -0.4 is 11.1 Å². The van der Waals surface area contributed by atoms with E-state index in [0.29, 0.717) is 5.69 Å². The molecule has 2 amide bonds. The number of nitrogens with two attached hydrogens (primary N) is 1. The van der Waals surface area contributed by atoms with Crippen LogP contribution in [0, 0.1) is 13.8 Å². The molecule has 4 heteroatoms. The minimum absolute atomic E-state index is 0.185. The summed E-state index contributed by atoms with van der Waals surface area (Å²) in [4.78, 5) is 10.6. The Balaban J connectivity index is 3.13. The fourth-order valence-electron chi connectivity index (χ4n) is 1.26. The second-order valence-electron chi connectivity index (χ2n) is 2.94. The molecule has 1 aromatic carbocycles. The van der Waals surface area contributed by atoms with Crippen molar-refractivity contribution in [1.82, 2.24) is 0 Å². The lowest BCUT2D eigenvalue weighted by Gasteiger charge is -2.09. The Morgan fingerprint density at radius 1 is 1.38 bits per heavy atom. The number of primary amides is 1. The van der Waals surface area contributed by atoms with E-state index >= 15 is 0 Å². The van der Waals surface area contributed by atoms with Gasteiger partial charge >= 0.3 is 6.03 Å². The molecule has 0 radical (unpaired) electrons. The summed E-state index contributed by atoms with van der Waals surface area (Å²) in [6.45, 7) is 3.58. The number of carbonyl (C=O) groups is 1. The molecule has 0 aliphatic rings. The first-order valence-corrected chi connectivity index (χ1v) is 3.87. The van der Waals surface area contributed by atoms with Crippen molar-refractivity contribution >= 4 is 11.7 Å². The van der Waals surface area contributed by atoms with Crippen molar-refractivity contribution in [3.05, 3.63) is 23.3 Å². The number of nitrogens with one attached hydrogen (secondary N) is 1. The zero-order valence-electron chi connectivity index (χ0n) is 7.59. The first-order valence-electron chi connectivity index (χ1n) is 3.87. The van der Waals surface area contributed by atoms with Gasteiger partial charge in [-0.3, -0.25) is 0 Å². The van der Waals surface area contributed by atoms with Gasteiger partial charge < -0.3 is 16.2 Å². The largest absolute Gasteiger partial charge is 0.508 e. The molecule has 70 valence electrons. The topological polar surface area (TPSA) is 75.3 Å². The summed E-state index contributed by atoms with van der Waals surface area (Å²) in [5.41, 5.74) is 7.22. The number of aromatic hydroxyl groups is 1. The maximum atomic E-state index is 10.6. The van der Waals surface area contributed by atoms with Gasteiger partial charge in [-0.2, -0.15) is 0 Å². The molecular formula is C9H12N2O2. The normalized spacial score (nSPS) is 9.69. The van der Waals surface area contributed by atoms with Crippen molar-refractivity contribution in [3.8, 4) is 5.75 Å². The standard InChI is InChI=1S/C9H12N2O2/c1-5-3-7(12)4-6(2)8(5)11-9(10)13/h3-4,12H,1-2H3,(H3,10,11,13). The summed E-state index contributed by atoms with van der Waals surface area (Å²) in [5, 5.41) is 11.7. The van der Waals surface area contributed by atoms with Crippen LogP contribution in [0.25, 0.3) is 0 Å². The second kappa shape index (κ2) is 3.35. The first kappa shape index (κ1) is 9.38. The highest BCUT2D eigenvalue weighted by Gasteiger charge is 2.05. The van der Waals surface area contributed by atoms with Crippen LogP contribution in [0.4, 0.5) is 10.5 Å². The fraction of sp³-hybridized carbons (Fsp3) is 0.222. The highest BCUT2D eigenvalue weighted by atomic mass is 16.3. The van der Waals surface area contributed by atoms with Crippen LogP contribution in [0.3, 0.4) is 0 Å². The van der Waals surface area contributed by atoms with Crippen molar-refractivity contribution in [3.63, 3.8) is 0 Å². The summed E-state index contributed by atoms with van der Waals surface area (Å²) < 4.78 is 0. The van der Waals surface area contributed by atoms with Crippen LogP contribution in [-0.2, 0) is 0 Å². The molecule has 1 aromatic rings. The SMILES string of the molecule is Cc1cc(O)cc(C)c1NC(N)=O. The smallest absolute Gasteiger partial charge is 0.316 e. The molecule has 0 bridgehead atoms. The van der Waals surface area contributed by atoms with Gasteiger partial charge in [-0.1, -0.05) is 0 Å². The third-order valence-corrected chi connectivity index (χ3v) is 1.77. The Hall–Kier alpha value is -1.71. The van der Waals surface area contributed by atoms with Gasteiger partial charge in [0, 0.05) is 5.69 Å². The van der Waals surface area contributed by atoms with Gasteiger partial charge in [-0.15, -0.1) is 0 Å². The molecule has 0 spiro atoms. The lowest BCUT2D eigenvalue weighted by Crippen LogP contribution is -2.20. The van der Waals surface area contributed by atoms with Gasteiger partial charge in [-0.05, 0) is 37.1 Å². The Morgan fingerprint density at radius 3 is 2.23 bits per heavy atom. The van der Waals surface area contributed by atoms with Crippen LogP contribution in [-0.4, -0.2) is 11.1 Å². The van der Waals surface area contributed by atoms with Gasteiger partial charge in [-0.25, -0.2) is 4.79 Å². The molecule has 4 nitrogen and oxygen atoms in total. The number of benzene rings is 1. The van der Waals surface area contributed by atoms with Crippen LogP contribution >= 0.6 is 0 Å². The van der Waals surface area contributed by atoms with E-state index in [0.717, 1.165) is 11.1 Å². The summed E-state index contributed by atoms with van der Waals surface area (Å²) >= 11 is 0. The minimum atomic E-state index is -0.600. The Morgan fingerprint density at radius 2 is 1.85 bits per heavy atom. The average molecular weight is 180 g/mol. The van der Waals surface area contributed by atoms with E-state index in [9.17, 15) is 9.90 Å². The summed E-state index contributed by atoms with van der Waals surface area (Å²) in [7, 11) is 0. The molecule has 0 atom stereocenters. The van der Waals surface area contributed by atoms with Crippen LogP contribution in [0.5, 0.6) is 5.75 Å². The number of aryl methyl sites for hydroxylation is 2. The molecule has 1 rings (SSSR count). The molecule has 0 saturated carbocycles. The summed E-state index contributed by atoms with van der Waals surface area (Å²) in [5.74, 6) is 0.185. The van der Waals surface area contributed by atoms with Crippen LogP contribution in [0.1, 0.15) is 11.1 Å². The van der Waals surface area contributed by atoms with Crippen molar-refractivity contribution in [1.29, 1.82) is 0 Å². The number of amides is 2. The number of phenols is 1. The molecule has 0 aromatic heterocycles. The van der Waals surface area contributed by atoms with E-state index in [1.807, 2.05) is 0 Å². The fourth-order valence-corrected chi connectivity index (χ4v) is 1.26. The van der Waals surface area contributed by atoms with Gasteiger partial charge in [0.25, 0.3) is 0 Å². The molecule has 0 heterocycles. The zero-order chi connectivity index (χ0) is 10.0. The lowest BCUT2D eigenvalue weighted by atomic mass is 10.1. The first-order chi connectivity index (χ1) is 6.00. The maximum Gasteiger partial charge on any atom is 0.316 e. The van der Waals surface area contributed by atoms with Gasteiger partial charge in [0.1, 0.15) is 5.75 Å². The van der Waals surface area contributed by atoms with Crippen molar-refractivity contribution in [2.45, 2.75) is 13.8 Å². The quantitative estimate of drug-likeness (QED) is 0.573. The maximum absolute atomic E-state index is 10.6. The minimum Gasteiger partial charge on any atom is -0.508 e. The monoisotopic (exact) mass is 180 g/mol. The zero-order valence-corrected chi connectivity index (χ0v) is 7.59. The van der Waals surface area contributed by atoms with Crippen LogP contribution in [0.15, 0.2) is 12.1 Å². The molecule has 0 aliphatic heterocycles. The van der Waals surface area contributed by atoms with Gasteiger partial charge in [0.05, 0.1) is 0 Å². The third kappa shape index (κ3) is 2.11. The number of urea groups is 1. The second-order valence-corrected chi connectivity index (χ2v) is 2.94. The third-order valence-electron chi connectivity index (χ3n) is 1.77. The van der Waals surface area contributed by atoms with Crippen molar-refractivity contribution in [2.24, 2.45) is 5.73 Å². The Labute approximate surface area is 76.4 Å². The van der Waals surface area contributed by atoms with Gasteiger partial charge in [0.15, 0.2) is 0 Å². The number of anilines is 1. The number of phenolic OH excluding ortho intramolecular Hbond substituents is 1. The van der Waals surface area contributed by atoms with E-state index in [-0.39, 0.29) is 5.75 Å². The molecule has 0 fully saturated rings. The number of rotatable bonds is 1. The predicted octanol–water partition coefficient (Wildman–Crippen LogP) is 1.50. The van der Waals surface area contributed by atoms with Crippen molar-refractivity contribution in [2.75, 3.05) is 5.32 Å². The molecule has 4 N–H and O–H groups in total. The number of carbonyl (C=O) groups excluding carboxylic acids is 1. The highest BCUT2D eigenvalue weighted by Crippen LogP contribution is 2.24. The molecule has 13 heavy (non-hydrogen) atoms. The average Bonchev–Trinajstić information content (AvgIpc) is 1.96. The van der Waals surface area contributed by atoms with E-state index in [1.54, 1.807) is 26.0 Å². The molecule has 0 unspecified atom stereocenters. The number of hydrogen-bond acceptors (Lipinski definition) is 2. The van der Waals surface area contributed by atoms with E-state index in [4.69, 9.17) is 5.73 Å². The van der Waals surface area contributed by atoms with E-state index < -0.39 is 6.03 Å². The molecule has 0 saturated heterocycles. The van der Waals surface area contributed by atoms with Gasteiger partial charge in [0.2, 0.25) is 0 Å². The van der Waals surface area contributed by atoms with Crippen molar-refractivity contribution < 1.29 is 9.90 Å².